The number of hydrogen-bond donors (Lipinski definition) is 0. The van der Waals surface area contributed by atoms with Gasteiger partial charge in [-0.1, -0.05) is 55.1 Å². The van der Waals surface area contributed by atoms with E-state index >= 15 is 0 Å². The van der Waals surface area contributed by atoms with E-state index in [1.807, 2.05) is 66.7 Å². The van der Waals surface area contributed by atoms with E-state index < -0.39 is 17.9 Å². The number of cyclic esters (lactones) is 1. The average Bonchev–Trinajstić information content (AvgIpc) is 2.98. The number of rotatable bonds is 4. The molecule has 1 heterocycles. The van der Waals surface area contributed by atoms with Crippen molar-refractivity contribution < 1.29 is 9.53 Å². The van der Waals surface area contributed by atoms with Crippen molar-refractivity contribution in [3.63, 3.8) is 0 Å². The summed E-state index contributed by atoms with van der Waals surface area (Å²) in [4.78, 5) is 16.7. The zero-order valence-corrected chi connectivity index (χ0v) is 12.3. The first-order chi connectivity index (χ1) is 11.2. The van der Waals surface area contributed by atoms with E-state index in [1.165, 1.54) is 0 Å². The average molecular weight is 302 g/mol. The zero-order chi connectivity index (χ0) is 16.2. The third-order valence-corrected chi connectivity index (χ3v) is 3.71. The number of carbonyl (C=O) groups is 1. The van der Waals surface area contributed by atoms with E-state index in [4.69, 9.17) is 4.74 Å². The standard InChI is InChI=1S/C19H14N2O2/c1-13(12-20)16(14-8-4-2-5-9-14)17-19(22)23-18(21-17)15-10-6-3-7-11-15/h2-11,16-17H,1H2/t16-,17-/m1/s1. The zero-order valence-electron chi connectivity index (χ0n) is 12.3. The van der Waals surface area contributed by atoms with Crippen LogP contribution in [0.2, 0.25) is 0 Å². The fourth-order valence-electron chi connectivity index (χ4n) is 2.59. The van der Waals surface area contributed by atoms with Crippen molar-refractivity contribution in [1.29, 1.82) is 5.26 Å². The molecule has 0 bridgehead atoms. The number of ether oxygens (including phenoxy) is 1. The summed E-state index contributed by atoms with van der Waals surface area (Å²) in [5.74, 6) is -0.698. The highest BCUT2D eigenvalue weighted by Gasteiger charge is 2.38. The summed E-state index contributed by atoms with van der Waals surface area (Å²) in [5.41, 5.74) is 1.84. The summed E-state index contributed by atoms with van der Waals surface area (Å²) in [5, 5.41) is 9.25. The Labute approximate surface area is 134 Å². The van der Waals surface area contributed by atoms with Crippen LogP contribution in [0.3, 0.4) is 0 Å². The normalized spacial score (nSPS) is 17.8. The van der Waals surface area contributed by atoms with Crippen LogP contribution in [0.25, 0.3) is 0 Å². The van der Waals surface area contributed by atoms with E-state index in [1.54, 1.807) is 0 Å². The molecule has 0 amide bonds. The van der Waals surface area contributed by atoms with Gasteiger partial charge in [-0.3, -0.25) is 0 Å². The molecule has 0 spiro atoms. The summed E-state index contributed by atoms with van der Waals surface area (Å²) < 4.78 is 5.32. The van der Waals surface area contributed by atoms with Crippen LogP contribution in [-0.2, 0) is 9.53 Å². The van der Waals surface area contributed by atoms with Gasteiger partial charge in [0.2, 0.25) is 5.90 Å². The number of nitrogens with zero attached hydrogens (tertiary/aromatic N) is 2. The highest BCUT2D eigenvalue weighted by molar-refractivity contribution is 6.06. The molecule has 2 atom stereocenters. The molecule has 2 aromatic rings. The lowest BCUT2D eigenvalue weighted by Gasteiger charge is -2.17. The Hall–Kier alpha value is -3.19. The molecule has 0 saturated heterocycles. The molecule has 0 saturated carbocycles. The monoisotopic (exact) mass is 302 g/mol. The topological polar surface area (TPSA) is 62.4 Å². The number of esters is 1. The number of hydrogen-bond acceptors (Lipinski definition) is 4. The van der Waals surface area contributed by atoms with Gasteiger partial charge >= 0.3 is 5.97 Å². The quantitative estimate of drug-likeness (QED) is 0.643. The fraction of sp³-hybridized carbons (Fsp3) is 0.105. The van der Waals surface area contributed by atoms with Gasteiger partial charge in [-0.2, -0.15) is 5.26 Å². The number of nitriles is 1. The maximum atomic E-state index is 12.3. The van der Waals surface area contributed by atoms with Crippen LogP contribution >= 0.6 is 0 Å². The number of aliphatic imine (C=N–C) groups is 1. The smallest absolute Gasteiger partial charge is 0.338 e. The molecule has 4 nitrogen and oxygen atoms in total. The van der Waals surface area contributed by atoms with Crippen LogP contribution in [-0.4, -0.2) is 17.9 Å². The number of carbonyl (C=O) groups excluding carboxylic acids is 1. The molecule has 0 fully saturated rings. The van der Waals surface area contributed by atoms with E-state index in [9.17, 15) is 10.1 Å². The molecular weight excluding hydrogens is 288 g/mol. The minimum Gasteiger partial charge on any atom is -0.406 e. The van der Waals surface area contributed by atoms with Gasteiger partial charge in [-0.05, 0) is 17.7 Å². The van der Waals surface area contributed by atoms with Gasteiger partial charge in [0.1, 0.15) is 0 Å². The van der Waals surface area contributed by atoms with Gasteiger partial charge in [-0.25, -0.2) is 9.79 Å². The minimum absolute atomic E-state index is 0.285. The molecule has 0 aromatic heterocycles. The molecule has 4 heteroatoms. The van der Waals surface area contributed by atoms with Crippen LogP contribution in [0.15, 0.2) is 77.8 Å². The van der Waals surface area contributed by atoms with Gasteiger partial charge in [-0.15, -0.1) is 0 Å². The first kappa shape index (κ1) is 14.7. The maximum Gasteiger partial charge on any atom is 0.338 e. The maximum absolute atomic E-state index is 12.3. The predicted octanol–water partition coefficient (Wildman–Crippen LogP) is 3.22. The Morgan fingerprint density at radius 1 is 1.13 bits per heavy atom. The summed E-state index contributed by atoms with van der Waals surface area (Å²) >= 11 is 0. The second-order valence-electron chi connectivity index (χ2n) is 5.19. The van der Waals surface area contributed by atoms with Crippen LogP contribution in [0.1, 0.15) is 17.0 Å². The minimum atomic E-state index is -0.792. The Morgan fingerprint density at radius 3 is 2.35 bits per heavy atom. The molecular formula is C19H14N2O2. The summed E-state index contributed by atoms with van der Waals surface area (Å²) in [6.45, 7) is 3.79. The first-order valence-corrected chi connectivity index (χ1v) is 7.19. The van der Waals surface area contributed by atoms with Crippen LogP contribution in [0.4, 0.5) is 0 Å². The summed E-state index contributed by atoms with van der Waals surface area (Å²) in [6, 6.07) is 19.8. The van der Waals surface area contributed by atoms with Gasteiger partial charge in [0.25, 0.3) is 0 Å². The van der Waals surface area contributed by atoms with Crippen molar-refractivity contribution in [1.82, 2.24) is 0 Å². The Balaban J connectivity index is 2.00. The lowest BCUT2D eigenvalue weighted by atomic mass is 9.86. The SMILES string of the molecule is C=C(C#N)[C@H](c1ccccc1)[C@H]1N=C(c2ccccc2)OC1=O. The van der Waals surface area contributed by atoms with Crippen molar-refractivity contribution in [2.24, 2.45) is 4.99 Å². The Kier molecular flexibility index (Phi) is 4.03. The van der Waals surface area contributed by atoms with Crippen LogP contribution in [0.5, 0.6) is 0 Å². The molecule has 0 unspecified atom stereocenters. The molecule has 2 aromatic carbocycles. The number of benzene rings is 2. The molecule has 112 valence electrons. The molecule has 3 rings (SSSR count). The van der Waals surface area contributed by atoms with Crippen molar-refractivity contribution in [3.05, 3.63) is 83.9 Å². The van der Waals surface area contributed by atoms with E-state index in [2.05, 4.69) is 11.6 Å². The highest BCUT2D eigenvalue weighted by Crippen LogP contribution is 2.32. The molecule has 0 radical (unpaired) electrons. The van der Waals surface area contributed by atoms with Gasteiger partial charge in [0, 0.05) is 11.1 Å². The van der Waals surface area contributed by atoms with Crippen LogP contribution in [0, 0.1) is 11.3 Å². The van der Waals surface area contributed by atoms with Crippen LogP contribution < -0.4 is 0 Å². The molecule has 0 aliphatic carbocycles. The second kappa shape index (κ2) is 6.29. The third-order valence-electron chi connectivity index (χ3n) is 3.71. The molecule has 23 heavy (non-hydrogen) atoms. The van der Waals surface area contributed by atoms with E-state index in [0.717, 1.165) is 11.1 Å². The Morgan fingerprint density at radius 2 is 1.74 bits per heavy atom. The Bertz CT molecular complexity index is 804. The first-order valence-electron chi connectivity index (χ1n) is 7.19. The van der Waals surface area contributed by atoms with Crippen molar-refractivity contribution >= 4 is 11.9 Å². The summed E-state index contributed by atoms with van der Waals surface area (Å²) in [6.07, 6.45) is 0. The lowest BCUT2D eigenvalue weighted by Crippen LogP contribution is -2.24. The van der Waals surface area contributed by atoms with E-state index in [-0.39, 0.29) is 11.5 Å². The molecule has 0 N–H and O–H groups in total. The van der Waals surface area contributed by atoms with E-state index in [0.29, 0.717) is 0 Å². The lowest BCUT2D eigenvalue weighted by molar-refractivity contribution is -0.135. The van der Waals surface area contributed by atoms with Gasteiger partial charge in [0.05, 0.1) is 12.0 Å². The highest BCUT2D eigenvalue weighted by atomic mass is 16.6. The molecule has 1 aliphatic rings. The van der Waals surface area contributed by atoms with Crippen molar-refractivity contribution in [2.75, 3.05) is 0 Å². The third kappa shape index (κ3) is 2.90. The largest absolute Gasteiger partial charge is 0.406 e. The van der Waals surface area contributed by atoms with Gasteiger partial charge < -0.3 is 4.74 Å². The summed E-state index contributed by atoms with van der Waals surface area (Å²) in [7, 11) is 0. The fourth-order valence-corrected chi connectivity index (χ4v) is 2.59. The predicted molar refractivity (Wildman–Crippen MR) is 86.8 cm³/mol. The van der Waals surface area contributed by atoms with Crippen molar-refractivity contribution in [3.8, 4) is 6.07 Å². The molecule has 1 aliphatic heterocycles. The van der Waals surface area contributed by atoms with Crippen molar-refractivity contribution in [2.45, 2.75) is 12.0 Å². The second-order valence-corrected chi connectivity index (χ2v) is 5.19. The van der Waals surface area contributed by atoms with Gasteiger partial charge in [0.15, 0.2) is 6.04 Å².